The fraction of sp³-hybridized carbons (Fsp3) is 0.294. The highest BCUT2D eigenvalue weighted by molar-refractivity contribution is 5.73. The summed E-state index contributed by atoms with van der Waals surface area (Å²) in [6.45, 7) is 2.15. The van der Waals surface area contributed by atoms with E-state index < -0.39 is 0 Å². The van der Waals surface area contributed by atoms with Gasteiger partial charge in [-0.05, 0) is 42.3 Å². The molecule has 114 valence electrons. The second-order valence-corrected chi connectivity index (χ2v) is 5.40. The number of fused-ring (bicyclic) bond motifs is 2. The van der Waals surface area contributed by atoms with Gasteiger partial charge in [0, 0.05) is 18.3 Å². The molecule has 0 atom stereocenters. The Balaban J connectivity index is 1.72. The van der Waals surface area contributed by atoms with Crippen molar-refractivity contribution in [3.05, 3.63) is 41.5 Å². The Morgan fingerprint density at radius 1 is 1.14 bits per heavy atom. The van der Waals surface area contributed by atoms with Crippen LogP contribution in [0.5, 0.6) is 17.2 Å². The van der Waals surface area contributed by atoms with E-state index in [4.69, 9.17) is 14.2 Å². The van der Waals surface area contributed by atoms with E-state index in [-0.39, 0.29) is 6.79 Å². The van der Waals surface area contributed by atoms with Crippen molar-refractivity contribution in [2.24, 2.45) is 0 Å². The maximum atomic E-state index is 5.53. The van der Waals surface area contributed by atoms with Crippen LogP contribution in [-0.4, -0.2) is 20.4 Å². The minimum absolute atomic E-state index is 0.284. The molecule has 5 heteroatoms. The van der Waals surface area contributed by atoms with Crippen LogP contribution in [0.25, 0.3) is 0 Å². The van der Waals surface area contributed by atoms with E-state index >= 15 is 0 Å². The predicted octanol–water partition coefficient (Wildman–Crippen LogP) is 2.81. The molecule has 0 saturated heterocycles. The zero-order valence-electron chi connectivity index (χ0n) is 12.4. The van der Waals surface area contributed by atoms with Gasteiger partial charge in [0.25, 0.3) is 0 Å². The summed E-state index contributed by atoms with van der Waals surface area (Å²) in [6.07, 6.45) is 1.04. The van der Waals surface area contributed by atoms with Crippen molar-refractivity contribution in [2.45, 2.75) is 13.0 Å². The molecular formula is C17H18N2O3. The fourth-order valence-electron chi connectivity index (χ4n) is 2.97. The SMILES string of the molecule is COc1ccc2c(c1Nc1ccc3c(c1)OCO3)CNCC2. The lowest BCUT2D eigenvalue weighted by molar-refractivity contribution is 0.174. The molecule has 0 unspecified atom stereocenters. The number of methoxy groups -OCH3 is 1. The van der Waals surface area contributed by atoms with E-state index in [0.717, 1.165) is 48.1 Å². The van der Waals surface area contributed by atoms with E-state index in [9.17, 15) is 0 Å². The Kier molecular flexibility index (Phi) is 3.27. The Hall–Kier alpha value is -2.40. The van der Waals surface area contributed by atoms with Crippen LogP contribution in [0.1, 0.15) is 11.1 Å². The van der Waals surface area contributed by atoms with Crippen LogP contribution in [0.3, 0.4) is 0 Å². The summed E-state index contributed by atoms with van der Waals surface area (Å²) in [4.78, 5) is 0. The van der Waals surface area contributed by atoms with Gasteiger partial charge in [-0.25, -0.2) is 0 Å². The van der Waals surface area contributed by atoms with Gasteiger partial charge in [-0.3, -0.25) is 0 Å². The molecule has 2 aromatic carbocycles. The van der Waals surface area contributed by atoms with Crippen molar-refractivity contribution < 1.29 is 14.2 Å². The highest BCUT2D eigenvalue weighted by Gasteiger charge is 2.18. The third kappa shape index (κ3) is 2.23. The predicted molar refractivity (Wildman–Crippen MR) is 84.3 cm³/mol. The molecule has 0 spiro atoms. The van der Waals surface area contributed by atoms with E-state index in [1.807, 2.05) is 24.3 Å². The Morgan fingerprint density at radius 2 is 2.05 bits per heavy atom. The monoisotopic (exact) mass is 298 g/mol. The Labute approximate surface area is 129 Å². The Morgan fingerprint density at radius 3 is 2.95 bits per heavy atom. The largest absolute Gasteiger partial charge is 0.495 e. The zero-order chi connectivity index (χ0) is 14.9. The highest BCUT2D eigenvalue weighted by atomic mass is 16.7. The smallest absolute Gasteiger partial charge is 0.231 e. The third-order valence-corrected chi connectivity index (χ3v) is 4.11. The van der Waals surface area contributed by atoms with Gasteiger partial charge in [0.05, 0.1) is 12.8 Å². The molecule has 2 N–H and O–H groups in total. The maximum absolute atomic E-state index is 5.53. The van der Waals surface area contributed by atoms with E-state index in [2.05, 4.69) is 16.7 Å². The number of nitrogens with one attached hydrogen (secondary N) is 2. The van der Waals surface area contributed by atoms with Crippen molar-refractivity contribution in [3.8, 4) is 17.2 Å². The van der Waals surface area contributed by atoms with Gasteiger partial charge in [0.2, 0.25) is 6.79 Å². The molecule has 0 amide bonds. The number of hydrogen-bond donors (Lipinski definition) is 2. The van der Waals surface area contributed by atoms with Crippen LogP contribution < -0.4 is 24.8 Å². The van der Waals surface area contributed by atoms with Crippen LogP contribution in [0.2, 0.25) is 0 Å². The van der Waals surface area contributed by atoms with Crippen molar-refractivity contribution in [3.63, 3.8) is 0 Å². The van der Waals surface area contributed by atoms with Gasteiger partial charge in [0.15, 0.2) is 11.5 Å². The summed E-state index contributed by atoms with van der Waals surface area (Å²) in [6, 6.07) is 10.0. The molecule has 2 aliphatic heterocycles. The van der Waals surface area contributed by atoms with Gasteiger partial charge in [-0.2, -0.15) is 0 Å². The van der Waals surface area contributed by atoms with Crippen molar-refractivity contribution in [2.75, 3.05) is 25.8 Å². The van der Waals surface area contributed by atoms with Gasteiger partial charge < -0.3 is 24.8 Å². The molecule has 0 aromatic heterocycles. The molecule has 22 heavy (non-hydrogen) atoms. The normalized spacial score (nSPS) is 15.3. The van der Waals surface area contributed by atoms with Crippen molar-refractivity contribution >= 4 is 11.4 Å². The van der Waals surface area contributed by atoms with E-state index in [0.29, 0.717) is 0 Å². The first-order chi connectivity index (χ1) is 10.8. The molecule has 2 heterocycles. The second-order valence-electron chi connectivity index (χ2n) is 5.40. The number of benzene rings is 2. The molecule has 2 aromatic rings. The minimum Gasteiger partial charge on any atom is -0.495 e. The molecule has 4 rings (SSSR count). The molecule has 2 aliphatic rings. The molecular weight excluding hydrogens is 280 g/mol. The topological polar surface area (TPSA) is 51.8 Å². The van der Waals surface area contributed by atoms with Crippen LogP contribution in [0, 0.1) is 0 Å². The number of ether oxygens (including phenoxy) is 3. The lowest BCUT2D eigenvalue weighted by Crippen LogP contribution is -2.24. The van der Waals surface area contributed by atoms with Crippen LogP contribution >= 0.6 is 0 Å². The summed E-state index contributed by atoms with van der Waals surface area (Å²) in [5.74, 6) is 2.40. The first-order valence-corrected chi connectivity index (χ1v) is 7.41. The fourth-order valence-corrected chi connectivity index (χ4v) is 2.97. The molecule has 0 radical (unpaired) electrons. The Bertz CT molecular complexity index is 715. The quantitative estimate of drug-likeness (QED) is 0.912. The number of hydrogen-bond acceptors (Lipinski definition) is 5. The average Bonchev–Trinajstić information content (AvgIpc) is 3.03. The minimum atomic E-state index is 0.284. The summed E-state index contributed by atoms with van der Waals surface area (Å²) < 4.78 is 16.3. The van der Waals surface area contributed by atoms with Crippen molar-refractivity contribution in [1.29, 1.82) is 0 Å². The summed E-state index contributed by atoms with van der Waals surface area (Å²) >= 11 is 0. The van der Waals surface area contributed by atoms with Gasteiger partial charge in [0.1, 0.15) is 5.75 Å². The lowest BCUT2D eigenvalue weighted by atomic mass is 9.98. The molecule has 0 fully saturated rings. The standard InChI is InChI=1S/C17H18N2O3/c1-20-15-4-2-11-6-7-18-9-13(11)17(15)19-12-3-5-14-16(8-12)22-10-21-14/h2-5,8,18-19H,6-7,9-10H2,1H3. The third-order valence-electron chi connectivity index (χ3n) is 4.11. The van der Waals surface area contributed by atoms with E-state index in [1.165, 1.54) is 11.1 Å². The zero-order valence-corrected chi connectivity index (χ0v) is 12.4. The molecule has 0 aliphatic carbocycles. The van der Waals surface area contributed by atoms with E-state index in [1.54, 1.807) is 7.11 Å². The first kappa shape index (κ1) is 13.3. The summed E-state index contributed by atoms with van der Waals surface area (Å²) in [5.41, 5.74) is 4.61. The first-order valence-electron chi connectivity index (χ1n) is 7.41. The van der Waals surface area contributed by atoms with Crippen molar-refractivity contribution in [1.82, 2.24) is 5.32 Å². The highest BCUT2D eigenvalue weighted by Crippen LogP contribution is 2.38. The lowest BCUT2D eigenvalue weighted by Gasteiger charge is -2.23. The van der Waals surface area contributed by atoms with Gasteiger partial charge >= 0.3 is 0 Å². The number of rotatable bonds is 3. The maximum Gasteiger partial charge on any atom is 0.231 e. The number of anilines is 2. The molecule has 0 saturated carbocycles. The molecule has 0 bridgehead atoms. The van der Waals surface area contributed by atoms with Crippen LogP contribution in [0.15, 0.2) is 30.3 Å². The van der Waals surface area contributed by atoms with Crippen LogP contribution in [-0.2, 0) is 13.0 Å². The average molecular weight is 298 g/mol. The van der Waals surface area contributed by atoms with Gasteiger partial charge in [-0.15, -0.1) is 0 Å². The summed E-state index contributed by atoms with van der Waals surface area (Å²) in [7, 11) is 1.70. The van der Waals surface area contributed by atoms with Crippen LogP contribution in [0.4, 0.5) is 11.4 Å². The second kappa shape index (κ2) is 5.42. The molecule has 5 nitrogen and oxygen atoms in total. The summed E-state index contributed by atoms with van der Waals surface area (Å²) in [5, 5.41) is 6.90. The van der Waals surface area contributed by atoms with Gasteiger partial charge in [-0.1, -0.05) is 6.07 Å².